The Hall–Kier alpha value is -4.02. The van der Waals surface area contributed by atoms with Crippen molar-refractivity contribution >= 4 is 5.97 Å². The Morgan fingerprint density at radius 3 is 2.36 bits per heavy atom. The molecule has 0 bridgehead atoms. The average molecular weight is 456 g/mol. The van der Waals surface area contributed by atoms with Gasteiger partial charge in [-0.3, -0.25) is 0 Å². The third-order valence-electron chi connectivity index (χ3n) is 5.11. The van der Waals surface area contributed by atoms with Crippen molar-refractivity contribution in [2.75, 3.05) is 0 Å². The number of benzene rings is 2. The molecular weight excluding hydrogens is 437 g/mol. The number of carbonyl (C=O) groups is 1. The molecule has 4 aromatic rings. The zero-order valence-corrected chi connectivity index (χ0v) is 17.5. The third kappa shape index (κ3) is 4.47. The van der Waals surface area contributed by atoms with Gasteiger partial charge in [0.25, 0.3) is 0 Å². The van der Waals surface area contributed by atoms with Gasteiger partial charge in [-0.25, -0.2) is 9.78 Å². The molecule has 11 heteroatoms. The quantitative estimate of drug-likeness (QED) is 0.425. The first kappa shape index (κ1) is 22.2. The summed E-state index contributed by atoms with van der Waals surface area (Å²) in [5.41, 5.74) is 0.878. The van der Waals surface area contributed by atoms with E-state index in [9.17, 15) is 23.1 Å². The Morgan fingerprint density at radius 1 is 1.09 bits per heavy atom. The van der Waals surface area contributed by atoms with Crippen molar-refractivity contribution in [3.63, 3.8) is 0 Å². The van der Waals surface area contributed by atoms with Gasteiger partial charge in [-0.05, 0) is 28.3 Å². The minimum absolute atomic E-state index is 0.0488. The lowest BCUT2D eigenvalue weighted by molar-refractivity contribution is -0.141. The van der Waals surface area contributed by atoms with Crippen LogP contribution in [0.1, 0.15) is 40.9 Å². The molecule has 2 aromatic heterocycles. The smallest absolute Gasteiger partial charge is 0.435 e. The lowest BCUT2D eigenvalue weighted by Gasteiger charge is -2.12. The molecule has 170 valence electrons. The van der Waals surface area contributed by atoms with Crippen LogP contribution >= 0.6 is 0 Å². The second-order valence-electron chi connectivity index (χ2n) is 7.34. The molecule has 0 aliphatic rings. The summed E-state index contributed by atoms with van der Waals surface area (Å²) in [6, 6.07) is 14.6. The van der Waals surface area contributed by atoms with Crippen molar-refractivity contribution in [2.45, 2.75) is 32.5 Å². The third-order valence-corrected chi connectivity index (χ3v) is 5.11. The van der Waals surface area contributed by atoms with E-state index >= 15 is 0 Å². The van der Waals surface area contributed by atoms with Crippen LogP contribution in [-0.4, -0.2) is 41.3 Å². The number of tetrazole rings is 1. The van der Waals surface area contributed by atoms with E-state index in [1.54, 1.807) is 19.1 Å². The van der Waals surface area contributed by atoms with Crippen LogP contribution in [0.4, 0.5) is 13.2 Å². The number of nitrogens with zero attached hydrogens (tertiary/aromatic N) is 5. The molecule has 0 radical (unpaired) electrons. The summed E-state index contributed by atoms with van der Waals surface area (Å²) < 4.78 is 41.4. The number of halogens is 3. The predicted molar refractivity (Wildman–Crippen MR) is 112 cm³/mol. The molecular formula is C22H19F3N6O2. The van der Waals surface area contributed by atoms with Gasteiger partial charge < -0.3 is 9.67 Å². The van der Waals surface area contributed by atoms with E-state index in [4.69, 9.17) is 0 Å². The van der Waals surface area contributed by atoms with Crippen molar-refractivity contribution in [1.82, 2.24) is 30.2 Å². The minimum atomic E-state index is -4.86. The molecule has 0 aliphatic carbocycles. The van der Waals surface area contributed by atoms with Gasteiger partial charge in [0.05, 0.1) is 0 Å². The first-order chi connectivity index (χ1) is 15.8. The number of aromatic carboxylic acids is 1. The van der Waals surface area contributed by atoms with Gasteiger partial charge in [0.2, 0.25) is 5.82 Å². The standard InChI is InChI=1S/C22H19F3N6O2/c1-2-5-17-26-19(22(23,24)25)18(21(32)33)31(17)12-13-8-10-14(11-9-13)15-6-3-4-7-16(15)20-27-29-30-28-20/h3-4,6-11H,2,5,12H2,1H3,(H,32,33)(H,27,28,29,30). The lowest BCUT2D eigenvalue weighted by Crippen LogP contribution is -2.17. The fourth-order valence-corrected chi connectivity index (χ4v) is 3.68. The van der Waals surface area contributed by atoms with Crippen molar-refractivity contribution in [3.8, 4) is 22.5 Å². The summed E-state index contributed by atoms with van der Waals surface area (Å²) in [6.45, 7) is 1.75. The highest BCUT2D eigenvalue weighted by atomic mass is 19.4. The molecule has 0 amide bonds. The second kappa shape index (κ2) is 8.85. The largest absolute Gasteiger partial charge is 0.477 e. The van der Waals surface area contributed by atoms with E-state index in [-0.39, 0.29) is 18.8 Å². The molecule has 0 aliphatic heterocycles. The maximum Gasteiger partial charge on any atom is 0.435 e. The van der Waals surface area contributed by atoms with Crippen LogP contribution in [0.15, 0.2) is 48.5 Å². The summed E-state index contributed by atoms with van der Waals surface area (Å²) >= 11 is 0. The fourth-order valence-electron chi connectivity index (χ4n) is 3.68. The first-order valence-electron chi connectivity index (χ1n) is 10.1. The molecule has 0 unspecified atom stereocenters. The van der Waals surface area contributed by atoms with E-state index in [2.05, 4.69) is 25.6 Å². The number of aromatic amines is 1. The molecule has 2 N–H and O–H groups in total. The van der Waals surface area contributed by atoms with E-state index < -0.39 is 23.5 Å². The molecule has 4 rings (SSSR count). The maximum absolute atomic E-state index is 13.4. The van der Waals surface area contributed by atoms with Gasteiger partial charge >= 0.3 is 12.1 Å². The van der Waals surface area contributed by atoms with Crippen LogP contribution in [0.5, 0.6) is 0 Å². The SMILES string of the molecule is CCCc1nc(C(F)(F)F)c(C(=O)O)n1Cc1ccc(-c2ccccc2-c2nn[nH]n2)cc1. The molecule has 33 heavy (non-hydrogen) atoms. The van der Waals surface area contributed by atoms with Crippen molar-refractivity contribution < 1.29 is 23.1 Å². The fraction of sp³-hybridized carbons (Fsp3) is 0.227. The Balaban J connectivity index is 1.70. The number of aromatic nitrogens is 6. The Kier molecular flexibility index (Phi) is 5.95. The van der Waals surface area contributed by atoms with Crippen molar-refractivity contribution in [1.29, 1.82) is 0 Å². The Labute approximate surface area is 186 Å². The second-order valence-corrected chi connectivity index (χ2v) is 7.34. The number of H-pyrrole nitrogens is 1. The normalized spacial score (nSPS) is 11.6. The highest BCUT2D eigenvalue weighted by Crippen LogP contribution is 2.33. The molecule has 2 aromatic carbocycles. The molecule has 0 atom stereocenters. The van der Waals surface area contributed by atoms with Gasteiger partial charge in [0.15, 0.2) is 11.4 Å². The Bertz CT molecular complexity index is 1260. The van der Waals surface area contributed by atoms with Crippen LogP contribution < -0.4 is 0 Å². The summed E-state index contributed by atoms with van der Waals surface area (Å²) in [7, 11) is 0. The topological polar surface area (TPSA) is 110 Å². The van der Waals surface area contributed by atoms with Crippen LogP contribution in [0.2, 0.25) is 0 Å². The Morgan fingerprint density at radius 2 is 1.79 bits per heavy atom. The van der Waals surface area contributed by atoms with Crippen molar-refractivity contribution in [2.24, 2.45) is 0 Å². The zero-order chi connectivity index (χ0) is 23.6. The lowest BCUT2D eigenvalue weighted by atomic mass is 9.98. The van der Waals surface area contributed by atoms with Gasteiger partial charge in [-0.15, -0.1) is 10.2 Å². The number of carboxylic acid groups (broad SMARTS) is 1. The minimum Gasteiger partial charge on any atom is -0.477 e. The van der Waals surface area contributed by atoms with E-state index in [0.717, 1.165) is 21.3 Å². The summed E-state index contributed by atoms with van der Waals surface area (Å²) in [4.78, 5) is 15.3. The van der Waals surface area contributed by atoms with Gasteiger partial charge in [0, 0.05) is 18.5 Å². The van der Waals surface area contributed by atoms with Crippen LogP contribution in [-0.2, 0) is 19.1 Å². The highest BCUT2D eigenvalue weighted by molar-refractivity contribution is 5.87. The number of hydrogen-bond donors (Lipinski definition) is 2. The molecule has 0 fully saturated rings. The van der Waals surface area contributed by atoms with Gasteiger partial charge in [0.1, 0.15) is 5.82 Å². The van der Waals surface area contributed by atoms with E-state index in [0.29, 0.717) is 17.8 Å². The van der Waals surface area contributed by atoms with Gasteiger partial charge in [-0.1, -0.05) is 55.5 Å². The summed E-state index contributed by atoms with van der Waals surface area (Å²) in [5.74, 6) is -1.14. The summed E-state index contributed by atoms with van der Waals surface area (Å²) in [6.07, 6.45) is -4.10. The number of carboxylic acids is 1. The first-order valence-corrected chi connectivity index (χ1v) is 10.1. The van der Waals surface area contributed by atoms with Crippen LogP contribution in [0.25, 0.3) is 22.5 Å². The number of nitrogens with one attached hydrogen (secondary N) is 1. The molecule has 2 heterocycles. The van der Waals surface area contributed by atoms with E-state index in [1.165, 1.54) is 0 Å². The van der Waals surface area contributed by atoms with E-state index in [1.807, 2.05) is 36.4 Å². The number of rotatable bonds is 7. The molecule has 8 nitrogen and oxygen atoms in total. The van der Waals surface area contributed by atoms with Crippen molar-refractivity contribution in [3.05, 3.63) is 71.3 Å². The highest BCUT2D eigenvalue weighted by Gasteiger charge is 2.41. The molecule has 0 spiro atoms. The molecule has 0 saturated carbocycles. The summed E-state index contributed by atoms with van der Waals surface area (Å²) in [5, 5.41) is 23.5. The zero-order valence-electron chi connectivity index (χ0n) is 17.5. The van der Waals surface area contributed by atoms with Crippen LogP contribution in [0, 0.1) is 0 Å². The number of hydrogen-bond acceptors (Lipinski definition) is 5. The monoisotopic (exact) mass is 456 g/mol. The average Bonchev–Trinajstić information content (AvgIpc) is 3.43. The molecule has 0 saturated heterocycles. The maximum atomic E-state index is 13.4. The predicted octanol–water partition coefficient (Wildman–Crippen LogP) is 4.45. The van der Waals surface area contributed by atoms with Crippen LogP contribution in [0.3, 0.4) is 0 Å². The number of imidazole rings is 1. The number of alkyl halides is 3. The van der Waals surface area contributed by atoms with Gasteiger partial charge in [-0.2, -0.15) is 18.4 Å². The number of aryl methyl sites for hydroxylation is 1.